The van der Waals surface area contributed by atoms with E-state index in [4.69, 9.17) is 14.8 Å². The first-order chi connectivity index (χ1) is 13.9. The fourth-order valence-electron chi connectivity index (χ4n) is 3.85. The normalized spacial score (nSPS) is 15.7. The molecule has 2 N–H and O–H groups in total. The number of nitrogens with one attached hydrogen (secondary N) is 2. The molecule has 0 unspecified atom stereocenters. The number of nitrogens with zero attached hydrogens (tertiary/aromatic N) is 3. The maximum absolute atomic E-state index is 5.47. The number of hydrogen-bond donors (Lipinski definition) is 2. The lowest BCUT2D eigenvalue weighted by atomic mass is 9.92. The highest BCUT2D eigenvalue weighted by Crippen LogP contribution is 2.31. The van der Waals surface area contributed by atoms with Gasteiger partial charge in [0, 0.05) is 17.0 Å². The molecular weight excluding hydrogens is 362 g/mol. The zero-order chi connectivity index (χ0) is 20.4. The summed E-state index contributed by atoms with van der Waals surface area (Å²) < 4.78 is 7.44. The monoisotopic (exact) mass is 394 g/mol. The molecule has 0 aliphatic carbocycles. The Hall–Kier alpha value is -2.44. The molecule has 29 heavy (non-hydrogen) atoms. The van der Waals surface area contributed by atoms with E-state index in [1.807, 2.05) is 10.6 Å². The molecule has 1 aliphatic rings. The second-order valence-electron chi connectivity index (χ2n) is 8.88. The fourth-order valence-corrected chi connectivity index (χ4v) is 3.85. The number of hydrogen-bond acceptors (Lipinski definition) is 4. The largest absolute Gasteiger partial charge is 0.370 e. The summed E-state index contributed by atoms with van der Waals surface area (Å²) in [6, 6.07) is 12.6. The average Bonchev–Trinajstić information content (AvgIpc) is 3.05. The lowest BCUT2D eigenvalue weighted by molar-refractivity contribution is -0.906. The quantitative estimate of drug-likeness (QED) is 0.697. The number of aryl methyl sites for hydroxylation is 1. The zero-order valence-electron chi connectivity index (χ0n) is 18.0. The van der Waals surface area contributed by atoms with Crippen LogP contribution in [0.4, 0.5) is 5.82 Å². The van der Waals surface area contributed by atoms with Gasteiger partial charge in [0.2, 0.25) is 0 Å². The molecule has 6 heteroatoms. The summed E-state index contributed by atoms with van der Waals surface area (Å²) in [7, 11) is 0. The van der Waals surface area contributed by atoms with Crippen LogP contribution in [-0.4, -0.2) is 54.0 Å². The maximum Gasteiger partial charge on any atom is 0.165 e. The van der Waals surface area contributed by atoms with Crippen LogP contribution < -0.4 is 10.2 Å². The molecule has 0 amide bonds. The van der Waals surface area contributed by atoms with Crippen LogP contribution in [0.2, 0.25) is 0 Å². The van der Waals surface area contributed by atoms with Gasteiger partial charge < -0.3 is 15.0 Å². The SMILES string of the molecule is Cc1nn2c(NCC[NH+]3CCOCC3)cc(C(C)(C)C)nc2c1-c1ccccc1. The lowest BCUT2D eigenvalue weighted by Gasteiger charge is -2.24. The Bertz CT molecular complexity index is 968. The van der Waals surface area contributed by atoms with Crippen molar-refractivity contribution >= 4 is 11.5 Å². The summed E-state index contributed by atoms with van der Waals surface area (Å²) >= 11 is 0. The van der Waals surface area contributed by atoms with Crippen LogP contribution in [0.5, 0.6) is 0 Å². The first-order valence-electron chi connectivity index (χ1n) is 10.5. The van der Waals surface area contributed by atoms with E-state index in [2.05, 4.69) is 63.3 Å². The van der Waals surface area contributed by atoms with Crippen molar-refractivity contribution < 1.29 is 9.64 Å². The van der Waals surface area contributed by atoms with Crippen molar-refractivity contribution in [2.45, 2.75) is 33.1 Å². The summed E-state index contributed by atoms with van der Waals surface area (Å²) in [6.07, 6.45) is 0. The molecule has 4 rings (SSSR count). The number of quaternary nitrogens is 1. The van der Waals surface area contributed by atoms with Crippen LogP contribution in [0.15, 0.2) is 36.4 Å². The highest BCUT2D eigenvalue weighted by molar-refractivity contribution is 5.81. The van der Waals surface area contributed by atoms with E-state index in [0.717, 1.165) is 73.4 Å². The predicted octanol–water partition coefficient (Wildman–Crippen LogP) is 2.33. The molecule has 6 nitrogen and oxygen atoms in total. The first kappa shape index (κ1) is 19.9. The van der Waals surface area contributed by atoms with Crippen LogP contribution in [-0.2, 0) is 10.2 Å². The van der Waals surface area contributed by atoms with Gasteiger partial charge in [-0.3, -0.25) is 0 Å². The van der Waals surface area contributed by atoms with Crippen LogP contribution in [0, 0.1) is 6.92 Å². The van der Waals surface area contributed by atoms with E-state index < -0.39 is 0 Å². The van der Waals surface area contributed by atoms with E-state index in [-0.39, 0.29) is 5.41 Å². The van der Waals surface area contributed by atoms with Gasteiger partial charge >= 0.3 is 0 Å². The predicted molar refractivity (Wildman–Crippen MR) is 117 cm³/mol. The summed E-state index contributed by atoms with van der Waals surface area (Å²) in [5.74, 6) is 1.01. The fraction of sp³-hybridized carbons (Fsp3) is 0.478. The van der Waals surface area contributed by atoms with Crippen molar-refractivity contribution in [1.29, 1.82) is 0 Å². The summed E-state index contributed by atoms with van der Waals surface area (Å²) in [6.45, 7) is 14.6. The molecule has 1 aliphatic heterocycles. The van der Waals surface area contributed by atoms with E-state index in [1.54, 1.807) is 4.90 Å². The zero-order valence-corrected chi connectivity index (χ0v) is 18.0. The van der Waals surface area contributed by atoms with Crippen molar-refractivity contribution in [1.82, 2.24) is 14.6 Å². The highest BCUT2D eigenvalue weighted by Gasteiger charge is 2.22. The van der Waals surface area contributed by atoms with Gasteiger partial charge in [-0.15, -0.1) is 0 Å². The van der Waals surface area contributed by atoms with Gasteiger partial charge in [-0.1, -0.05) is 51.1 Å². The smallest absolute Gasteiger partial charge is 0.165 e. The Labute approximate surface area is 172 Å². The number of anilines is 1. The highest BCUT2D eigenvalue weighted by atomic mass is 16.5. The molecule has 0 saturated carbocycles. The van der Waals surface area contributed by atoms with E-state index >= 15 is 0 Å². The van der Waals surface area contributed by atoms with E-state index in [0.29, 0.717) is 0 Å². The van der Waals surface area contributed by atoms with E-state index in [9.17, 15) is 0 Å². The molecule has 0 bridgehead atoms. The van der Waals surface area contributed by atoms with Crippen molar-refractivity contribution in [3.05, 3.63) is 47.8 Å². The average molecular weight is 395 g/mol. The molecule has 2 aromatic heterocycles. The second-order valence-corrected chi connectivity index (χ2v) is 8.88. The maximum atomic E-state index is 5.47. The van der Waals surface area contributed by atoms with Gasteiger partial charge in [0.25, 0.3) is 0 Å². The Morgan fingerprint density at radius 3 is 2.55 bits per heavy atom. The van der Waals surface area contributed by atoms with Crippen LogP contribution in [0.25, 0.3) is 16.8 Å². The third-order valence-corrected chi connectivity index (χ3v) is 5.58. The van der Waals surface area contributed by atoms with Crippen molar-refractivity contribution in [2.75, 3.05) is 44.7 Å². The van der Waals surface area contributed by atoms with Crippen LogP contribution in [0.1, 0.15) is 32.2 Å². The van der Waals surface area contributed by atoms with Crippen LogP contribution >= 0.6 is 0 Å². The van der Waals surface area contributed by atoms with Crippen molar-refractivity contribution in [3.8, 4) is 11.1 Å². The lowest BCUT2D eigenvalue weighted by Crippen LogP contribution is -3.14. The van der Waals surface area contributed by atoms with Crippen molar-refractivity contribution in [3.63, 3.8) is 0 Å². The second kappa shape index (κ2) is 8.13. The van der Waals surface area contributed by atoms with Gasteiger partial charge in [0.1, 0.15) is 18.9 Å². The first-order valence-corrected chi connectivity index (χ1v) is 10.5. The number of rotatable bonds is 5. The minimum absolute atomic E-state index is 0.0419. The van der Waals surface area contributed by atoms with Gasteiger partial charge in [-0.05, 0) is 12.5 Å². The Balaban J connectivity index is 1.71. The number of ether oxygens (including phenoxy) is 1. The Morgan fingerprint density at radius 1 is 1.14 bits per heavy atom. The van der Waals surface area contributed by atoms with Gasteiger partial charge in [0.15, 0.2) is 5.65 Å². The number of benzene rings is 1. The number of fused-ring (bicyclic) bond motifs is 1. The number of morpholine rings is 1. The topological polar surface area (TPSA) is 55.9 Å². The molecule has 3 heterocycles. The molecule has 0 radical (unpaired) electrons. The molecule has 3 aromatic rings. The molecule has 1 fully saturated rings. The van der Waals surface area contributed by atoms with E-state index in [1.165, 1.54) is 0 Å². The third kappa shape index (κ3) is 4.28. The van der Waals surface area contributed by atoms with Crippen molar-refractivity contribution in [2.24, 2.45) is 0 Å². The Kier molecular flexibility index (Phi) is 5.56. The molecule has 1 saturated heterocycles. The Morgan fingerprint density at radius 2 is 1.86 bits per heavy atom. The van der Waals surface area contributed by atoms with Gasteiger partial charge in [-0.25, -0.2) is 4.98 Å². The standard InChI is InChI=1S/C23H31N5O/c1-17-21(18-8-6-5-7-9-18)22-25-19(23(2,3)4)16-20(28(22)26-17)24-10-11-27-12-14-29-15-13-27/h5-9,16,24H,10-15H2,1-4H3/p+1. The van der Waals surface area contributed by atoms with Crippen LogP contribution in [0.3, 0.4) is 0 Å². The molecule has 0 atom stereocenters. The summed E-state index contributed by atoms with van der Waals surface area (Å²) in [5.41, 5.74) is 5.21. The van der Waals surface area contributed by atoms with Gasteiger partial charge in [0.05, 0.1) is 37.7 Å². The molecule has 0 spiro atoms. The molecule has 154 valence electrons. The van der Waals surface area contributed by atoms with Gasteiger partial charge in [-0.2, -0.15) is 9.61 Å². The summed E-state index contributed by atoms with van der Waals surface area (Å²) in [5, 5.41) is 8.48. The minimum Gasteiger partial charge on any atom is -0.370 e. The third-order valence-electron chi connectivity index (χ3n) is 5.58. The summed E-state index contributed by atoms with van der Waals surface area (Å²) in [4.78, 5) is 6.63. The molecular formula is C23H32N5O+. The molecule has 1 aromatic carbocycles. The number of aromatic nitrogens is 3. The minimum atomic E-state index is -0.0419.